The first-order chi connectivity index (χ1) is 13.0. The van der Waals surface area contributed by atoms with Crippen molar-refractivity contribution in [3.05, 3.63) is 47.8 Å². The van der Waals surface area contributed by atoms with E-state index in [4.69, 9.17) is 0 Å². The molecule has 0 spiro atoms. The normalized spacial score (nSPS) is 22.2. The predicted octanol–water partition coefficient (Wildman–Crippen LogP) is 3.49. The van der Waals surface area contributed by atoms with Gasteiger partial charge in [-0.3, -0.25) is 9.69 Å². The van der Waals surface area contributed by atoms with Gasteiger partial charge in [0, 0.05) is 5.56 Å². The van der Waals surface area contributed by atoms with Crippen LogP contribution < -0.4 is 5.32 Å². The molecule has 2 aromatic rings. The first-order valence-corrected chi connectivity index (χ1v) is 10.2. The summed E-state index contributed by atoms with van der Waals surface area (Å²) in [5.41, 5.74) is 3.60. The van der Waals surface area contributed by atoms with Gasteiger partial charge in [-0.2, -0.15) is 5.10 Å². The molecule has 1 N–H and O–H groups in total. The maximum atomic E-state index is 12.7. The minimum absolute atomic E-state index is 0.0403. The molecular formula is C22H30N4O. The molecule has 5 heteroatoms. The molecule has 1 atom stereocenters. The number of nitrogens with one attached hydrogen (secondary N) is 1. The molecule has 27 heavy (non-hydrogen) atoms. The maximum Gasteiger partial charge on any atom is 0.234 e. The lowest BCUT2D eigenvalue weighted by Crippen LogP contribution is -2.43. The van der Waals surface area contributed by atoms with Gasteiger partial charge in [0.25, 0.3) is 0 Å². The molecular weight excluding hydrogens is 336 g/mol. The summed E-state index contributed by atoms with van der Waals surface area (Å²) in [5, 5.41) is 7.97. The van der Waals surface area contributed by atoms with E-state index in [2.05, 4.69) is 41.3 Å². The van der Waals surface area contributed by atoms with E-state index in [0.717, 1.165) is 31.6 Å². The molecule has 2 heterocycles. The largest absolute Gasteiger partial charge is 0.348 e. The number of para-hydroxylation sites is 1. The van der Waals surface area contributed by atoms with Crippen molar-refractivity contribution in [2.75, 3.05) is 19.6 Å². The van der Waals surface area contributed by atoms with Gasteiger partial charge in [-0.1, -0.05) is 38.5 Å². The Hall–Kier alpha value is -2.14. The fourth-order valence-corrected chi connectivity index (χ4v) is 4.52. The van der Waals surface area contributed by atoms with E-state index in [-0.39, 0.29) is 17.4 Å². The predicted molar refractivity (Wildman–Crippen MR) is 107 cm³/mol. The molecule has 1 aromatic carbocycles. The van der Waals surface area contributed by atoms with E-state index in [9.17, 15) is 4.79 Å². The number of carbonyl (C=O) groups excluding carboxylic acids is 1. The number of likely N-dealkylation sites (tertiary alicyclic amines) is 1. The van der Waals surface area contributed by atoms with E-state index in [1.807, 2.05) is 29.1 Å². The first-order valence-electron chi connectivity index (χ1n) is 10.2. The summed E-state index contributed by atoms with van der Waals surface area (Å²) >= 11 is 0. The number of hydrogen-bond acceptors (Lipinski definition) is 3. The van der Waals surface area contributed by atoms with E-state index in [1.54, 1.807) is 0 Å². The van der Waals surface area contributed by atoms with E-state index >= 15 is 0 Å². The quantitative estimate of drug-likeness (QED) is 0.901. The lowest BCUT2D eigenvalue weighted by Gasteiger charge is -2.36. The van der Waals surface area contributed by atoms with Gasteiger partial charge in [-0.25, -0.2) is 4.68 Å². The SMILES string of the molecule is CC1(C)Cc2c(cnn2-c2ccccc2)[C@H](NC(=O)CN2CCCCC2)C1. The molecule has 1 aliphatic carbocycles. The molecule has 0 saturated carbocycles. The number of hydrogen-bond donors (Lipinski definition) is 1. The smallest absolute Gasteiger partial charge is 0.234 e. The van der Waals surface area contributed by atoms with E-state index in [0.29, 0.717) is 6.54 Å². The Kier molecular flexibility index (Phi) is 5.04. The molecule has 1 fully saturated rings. The second kappa shape index (κ2) is 7.47. The molecule has 1 amide bonds. The topological polar surface area (TPSA) is 50.2 Å². The van der Waals surface area contributed by atoms with Crippen molar-refractivity contribution in [1.82, 2.24) is 20.0 Å². The first kappa shape index (κ1) is 18.2. The minimum atomic E-state index is 0.0403. The van der Waals surface area contributed by atoms with Crippen molar-refractivity contribution in [1.29, 1.82) is 0 Å². The molecule has 1 aromatic heterocycles. The van der Waals surface area contributed by atoms with Gasteiger partial charge in [0.05, 0.1) is 30.2 Å². The summed E-state index contributed by atoms with van der Waals surface area (Å²) in [6.45, 7) is 7.16. The number of amides is 1. The highest BCUT2D eigenvalue weighted by Gasteiger charge is 2.36. The number of fused-ring (bicyclic) bond motifs is 1. The fourth-order valence-electron chi connectivity index (χ4n) is 4.52. The zero-order valence-corrected chi connectivity index (χ0v) is 16.4. The van der Waals surface area contributed by atoms with Crippen molar-refractivity contribution < 1.29 is 4.79 Å². The van der Waals surface area contributed by atoms with Crippen molar-refractivity contribution >= 4 is 5.91 Å². The third-order valence-electron chi connectivity index (χ3n) is 5.83. The van der Waals surface area contributed by atoms with Crippen LogP contribution in [-0.4, -0.2) is 40.2 Å². The molecule has 1 aliphatic heterocycles. The third kappa shape index (κ3) is 4.08. The summed E-state index contributed by atoms with van der Waals surface area (Å²) in [6.07, 6.45) is 7.57. The molecule has 1 saturated heterocycles. The van der Waals surface area contributed by atoms with E-state index < -0.39 is 0 Å². The second-order valence-corrected chi connectivity index (χ2v) is 8.80. The van der Waals surface area contributed by atoms with Crippen LogP contribution in [0, 0.1) is 5.41 Å². The average molecular weight is 367 g/mol. The summed E-state index contributed by atoms with van der Waals surface area (Å²) in [7, 11) is 0. The Balaban J connectivity index is 1.54. The number of nitrogens with zero attached hydrogens (tertiary/aromatic N) is 3. The zero-order valence-electron chi connectivity index (χ0n) is 16.4. The van der Waals surface area contributed by atoms with Crippen LogP contribution in [0.2, 0.25) is 0 Å². The van der Waals surface area contributed by atoms with Gasteiger partial charge in [0.1, 0.15) is 0 Å². The van der Waals surface area contributed by atoms with Crippen LogP contribution in [0.5, 0.6) is 0 Å². The summed E-state index contributed by atoms with van der Waals surface area (Å²) in [5.74, 6) is 0.137. The molecule has 0 bridgehead atoms. The van der Waals surface area contributed by atoms with E-state index in [1.165, 1.54) is 30.5 Å². The maximum absolute atomic E-state index is 12.7. The Morgan fingerprint density at radius 3 is 2.67 bits per heavy atom. The summed E-state index contributed by atoms with van der Waals surface area (Å²) in [4.78, 5) is 15.0. The zero-order chi connectivity index (χ0) is 18.9. The number of rotatable bonds is 4. The Labute approximate surface area is 161 Å². The van der Waals surface area contributed by atoms with Gasteiger partial charge in [-0.05, 0) is 56.3 Å². The summed E-state index contributed by atoms with van der Waals surface area (Å²) in [6, 6.07) is 10.3. The van der Waals surface area contributed by atoms with Crippen LogP contribution in [0.4, 0.5) is 0 Å². The lowest BCUT2D eigenvalue weighted by molar-refractivity contribution is -0.123. The van der Waals surface area contributed by atoms with Crippen molar-refractivity contribution in [2.24, 2.45) is 5.41 Å². The van der Waals surface area contributed by atoms with Gasteiger partial charge < -0.3 is 5.32 Å². The van der Waals surface area contributed by atoms with Crippen molar-refractivity contribution in [3.63, 3.8) is 0 Å². The van der Waals surface area contributed by atoms with Crippen LogP contribution in [0.15, 0.2) is 36.5 Å². The molecule has 0 radical (unpaired) electrons. The highest BCUT2D eigenvalue weighted by Crippen LogP contribution is 2.41. The lowest BCUT2D eigenvalue weighted by atomic mass is 9.74. The minimum Gasteiger partial charge on any atom is -0.348 e. The Bertz CT molecular complexity index is 790. The monoisotopic (exact) mass is 366 g/mol. The molecule has 5 nitrogen and oxygen atoms in total. The van der Waals surface area contributed by atoms with Crippen LogP contribution in [-0.2, 0) is 11.2 Å². The van der Waals surface area contributed by atoms with Crippen molar-refractivity contribution in [2.45, 2.75) is 52.0 Å². The van der Waals surface area contributed by atoms with Gasteiger partial charge in [0.15, 0.2) is 0 Å². The number of benzene rings is 1. The number of aromatic nitrogens is 2. The number of piperidine rings is 1. The highest BCUT2D eigenvalue weighted by atomic mass is 16.2. The molecule has 4 rings (SSSR count). The average Bonchev–Trinajstić information content (AvgIpc) is 3.06. The van der Waals surface area contributed by atoms with Crippen molar-refractivity contribution in [3.8, 4) is 5.69 Å². The second-order valence-electron chi connectivity index (χ2n) is 8.80. The standard InChI is InChI=1S/C22H30N4O/c1-22(2)13-19(24-21(27)16-25-11-7-4-8-12-25)18-15-23-26(20(18)14-22)17-9-5-3-6-10-17/h3,5-6,9-10,15,19H,4,7-8,11-14,16H2,1-2H3,(H,24,27)/t19-/m1/s1. The third-order valence-corrected chi connectivity index (χ3v) is 5.83. The molecule has 144 valence electrons. The van der Waals surface area contributed by atoms with Crippen LogP contribution in [0.1, 0.15) is 56.8 Å². The van der Waals surface area contributed by atoms with Gasteiger partial charge in [0.2, 0.25) is 5.91 Å². The van der Waals surface area contributed by atoms with Gasteiger partial charge >= 0.3 is 0 Å². The molecule has 0 unspecified atom stereocenters. The number of carbonyl (C=O) groups is 1. The van der Waals surface area contributed by atoms with Crippen LogP contribution >= 0.6 is 0 Å². The Morgan fingerprint density at radius 1 is 1.19 bits per heavy atom. The highest BCUT2D eigenvalue weighted by molar-refractivity contribution is 5.78. The fraction of sp³-hybridized carbons (Fsp3) is 0.545. The Morgan fingerprint density at radius 2 is 1.93 bits per heavy atom. The van der Waals surface area contributed by atoms with Gasteiger partial charge in [-0.15, -0.1) is 0 Å². The molecule has 2 aliphatic rings. The van der Waals surface area contributed by atoms with Crippen LogP contribution in [0.25, 0.3) is 5.69 Å². The summed E-state index contributed by atoms with van der Waals surface area (Å²) < 4.78 is 2.04. The van der Waals surface area contributed by atoms with Crippen LogP contribution in [0.3, 0.4) is 0 Å².